The smallest absolute Gasteiger partial charge is 0.306 e. The Balaban J connectivity index is 4.57. The summed E-state index contributed by atoms with van der Waals surface area (Å²) in [6.45, 7) is 6.41. The zero-order valence-electron chi connectivity index (χ0n) is 47.4. The largest absolute Gasteiger partial charge is 0.462 e. The standard InChI is InChI=1S/C67H110O6/c1-4-7-10-13-16-19-22-25-28-31-33-36-39-42-45-48-51-54-57-60-66(69)72-63-64(62-71-65(68)59-56-53-50-47-44-41-38-35-30-27-24-21-18-15-12-9-6-3)73-67(70)61-58-55-52-49-46-43-40-37-34-32-29-26-23-20-17-14-11-8-5-2/h7,10,16,19,25-30,33,36,38,41-42,45,47,50-51,54,64H,4-6,8-9,11-15,17-18,20-24,31-32,34-35,37,39-40,43-44,46,48-49,52-53,55-63H2,1-3H3/b10-7-,19-16-,28-25-,29-26-,30-27-,36-33-,41-38-,45-42-,50-47-,54-51-/t64-/m0/s1. The first-order valence-corrected chi connectivity index (χ1v) is 30.0. The molecule has 0 heterocycles. The summed E-state index contributed by atoms with van der Waals surface area (Å²) in [6, 6.07) is 0. The molecule has 0 aliphatic heterocycles. The van der Waals surface area contributed by atoms with Crippen molar-refractivity contribution in [3.63, 3.8) is 0 Å². The van der Waals surface area contributed by atoms with E-state index in [0.29, 0.717) is 19.3 Å². The van der Waals surface area contributed by atoms with Crippen LogP contribution in [0.25, 0.3) is 0 Å². The lowest BCUT2D eigenvalue weighted by Crippen LogP contribution is -2.30. The molecule has 0 saturated carbocycles. The van der Waals surface area contributed by atoms with Crippen LogP contribution < -0.4 is 0 Å². The number of carbonyl (C=O) groups excluding carboxylic acids is 3. The summed E-state index contributed by atoms with van der Waals surface area (Å²) >= 11 is 0. The zero-order valence-corrected chi connectivity index (χ0v) is 47.4. The second-order valence-electron chi connectivity index (χ2n) is 19.5. The first-order valence-electron chi connectivity index (χ1n) is 30.0. The fourth-order valence-corrected chi connectivity index (χ4v) is 7.95. The molecular formula is C67H110O6. The van der Waals surface area contributed by atoms with Crippen molar-refractivity contribution in [2.75, 3.05) is 13.2 Å². The van der Waals surface area contributed by atoms with Gasteiger partial charge in [0.15, 0.2) is 6.10 Å². The minimum Gasteiger partial charge on any atom is -0.462 e. The fraction of sp³-hybridized carbons (Fsp3) is 0.657. The fourth-order valence-electron chi connectivity index (χ4n) is 7.95. The molecule has 0 saturated heterocycles. The lowest BCUT2D eigenvalue weighted by molar-refractivity contribution is -0.166. The molecule has 0 aliphatic carbocycles. The number of esters is 3. The number of allylic oxidation sites excluding steroid dienone is 20. The van der Waals surface area contributed by atoms with Crippen molar-refractivity contribution < 1.29 is 28.6 Å². The number of unbranched alkanes of at least 4 members (excludes halogenated alkanes) is 22. The molecule has 6 nitrogen and oxygen atoms in total. The molecule has 0 rings (SSSR count). The van der Waals surface area contributed by atoms with Crippen LogP contribution in [-0.4, -0.2) is 37.2 Å². The van der Waals surface area contributed by atoms with E-state index < -0.39 is 6.10 Å². The maximum absolute atomic E-state index is 12.9. The van der Waals surface area contributed by atoms with Crippen LogP contribution in [0.1, 0.15) is 265 Å². The zero-order chi connectivity index (χ0) is 52.9. The van der Waals surface area contributed by atoms with Gasteiger partial charge in [-0.15, -0.1) is 0 Å². The molecular weight excluding hydrogens is 901 g/mol. The van der Waals surface area contributed by atoms with Gasteiger partial charge in [-0.05, 0) is 116 Å². The minimum atomic E-state index is -0.834. The molecule has 0 aliphatic rings. The van der Waals surface area contributed by atoms with Crippen molar-refractivity contribution >= 4 is 17.9 Å². The lowest BCUT2D eigenvalue weighted by Gasteiger charge is -2.18. The maximum Gasteiger partial charge on any atom is 0.306 e. The molecule has 0 N–H and O–H groups in total. The SMILES string of the molecule is CC/C=C\C/C=C\C/C=C\C/C=C\C/C=C\C/C=C\CCC(=O)OC[C@H](COC(=O)CCC/C=C\C/C=C\C/C=C\CCCCCCCC)OC(=O)CCCCCCCCCCC/C=C\CCCCCCCC. The summed E-state index contributed by atoms with van der Waals surface area (Å²) in [5.74, 6) is -1.06. The predicted molar refractivity (Wildman–Crippen MR) is 316 cm³/mol. The van der Waals surface area contributed by atoms with E-state index in [0.717, 1.165) is 77.0 Å². The maximum atomic E-state index is 12.9. The van der Waals surface area contributed by atoms with Crippen LogP contribution in [0, 0.1) is 0 Å². The van der Waals surface area contributed by atoms with Gasteiger partial charge >= 0.3 is 17.9 Å². The van der Waals surface area contributed by atoms with E-state index in [1.807, 2.05) is 6.08 Å². The molecule has 0 fully saturated rings. The van der Waals surface area contributed by atoms with Gasteiger partial charge in [0, 0.05) is 19.3 Å². The van der Waals surface area contributed by atoms with Gasteiger partial charge in [0.05, 0.1) is 0 Å². The second kappa shape index (κ2) is 60.4. The van der Waals surface area contributed by atoms with Crippen LogP contribution in [0.15, 0.2) is 122 Å². The van der Waals surface area contributed by atoms with Crippen molar-refractivity contribution in [1.82, 2.24) is 0 Å². The minimum absolute atomic E-state index is 0.130. The summed E-state index contributed by atoms with van der Waals surface area (Å²) < 4.78 is 16.8. The Morgan fingerprint density at radius 3 is 0.973 bits per heavy atom. The molecule has 0 aromatic rings. The van der Waals surface area contributed by atoms with E-state index in [4.69, 9.17) is 14.2 Å². The van der Waals surface area contributed by atoms with E-state index in [9.17, 15) is 14.4 Å². The quantitative estimate of drug-likeness (QED) is 0.0261. The van der Waals surface area contributed by atoms with Gasteiger partial charge in [-0.25, -0.2) is 0 Å². The van der Waals surface area contributed by atoms with Crippen molar-refractivity contribution in [3.8, 4) is 0 Å². The van der Waals surface area contributed by atoms with Crippen LogP contribution in [0.2, 0.25) is 0 Å². The van der Waals surface area contributed by atoms with E-state index in [-0.39, 0.29) is 44.0 Å². The molecule has 0 amide bonds. The van der Waals surface area contributed by atoms with Crippen molar-refractivity contribution in [2.24, 2.45) is 0 Å². The van der Waals surface area contributed by atoms with Gasteiger partial charge in [-0.3, -0.25) is 14.4 Å². The third-order valence-corrected chi connectivity index (χ3v) is 12.4. The molecule has 414 valence electrons. The van der Waals surface area contributed by atoms with Crippen LogP contribution >= 0.6 is 0 Å². The number of carbonyl (C=O) groups is 3. The third kappa shape index (κ3) is 58.6. The first-order chi connectivity index (χ1) is 36.0. The third-order valence-electron chi connectivity index (χ3n) is 12.4. The molecule has 0 radical (unpaired) electrons. The van der Waals surface area contributed by atoms with Gasteiger partial charge in [-0.1, -0.05) is 251 Å². The number of hydrogen-bond donors (Lipinski definition) is 0. The molecule has 0 aromatic heterocycles. The van der Waals surface area contributed by atoms with Gasteiger partial charge in [0.1, 0.15) is 13.2 Å². The molecule has 6 heteroatoms. The summed E-state index contributed by atoms with van der Waals surface area (Å²) in [5, 5.41) is 0. The van der Waals surface area contributed by atoms with Crippen LogP contribution in [0.4, 0.5) is 0 Å². The average molecular weight is 1010 g/mol. The van der Waals surface area contributed by atoms with Gasteiger partial charge in [0.25, 0.3) is 0 Å². The molecule has 0 spiro atoms. The van der Waals surface area contributed by atoms with Gasteiger partial charge < -0.3 is 14.2 Å². The predicted octanol–water partition coefficient (Wildman–Crippen LogP) is 20.4. The Hall–Kier alpha value is -4.19. The molecule has 1 atom stereocenters. The van der Waals surface area contributed by atoms with Crippen LogP contribution in [-0.2, 0) is 28.6 Å². The highest BCUT2D eigenvalue weighted by atomic mass is 16.6. The number of hydrogen-bond acceptors (Lipinski definition) is 6. The Morgan fingerprint density at radius 2 is 0.575 bits per heavy atom. The normalized spacial score (nSPS) is 13.0. The summed E-state index contributed by atoms with van der Waals surface area (Å²) in [5.41, 5.74) is 0. The highest BCUT2D eigenvalue weighted by Crippen LogP contribution is 2.14. The van der Waals surface area contributed by atoms with Gasteiger partial charge in [0.2, 0.25) is 0 Å². The van der Waals surface area contributed by atoms with E-state index in [1.54, 1.807) is 0 Å². The molecule has 73 heavy (non-hydrogen) atoms. The Bertz CT molecular complexity index is 1540. The summed E-state index contributed by atoms with van der Waals surface area (Å²) in [7, 11) is 0. The Morgan fingerprint density at radius 1 is 0.288 bits per heavy atom. The van der Waals surface area contributed by atoms with Crippen molar-refractivity contribution in [2.45, 2.75) is 271 Å². The van der Waals surface area contributed by atoms with Crippen LogP contribution in [0.5, 0.6) is 0 Å². The Kier molecular flexibility index (Phi) is 56.9. The number of rotatable bonds is 53. The van der Waals surface area contributed by atoms with Gasteiger partial charge in [-0.2, -0.15) is 0 Å². The topological polar surface area (TPSA) is 78.9 Å². The van der Waals surface area contributed by atoms with Crippen molar-refractivity contribution in [1.29, 1.82) is 0 Å². The first kappa shape index (κ1) is 68.8. The highest BCUT2D eigenvalue weighted by molar-refractivity contribution is 5.71. The average Bonchev–Trinajstić information content (AvgIpc) is 3.39. The number of ether oxygens (including phenoxy) is 3. The highest BCUT2D eigenvalue weighted by Gasteiger charge is 2.19. The summed E-state index contributed by atoms with van der Waals surface area (Å²) in [6.07, 6.45) is 83.5. The van der Waals surface area contributed by atoms with Crippen LogP contribution in [0.3, 0.4) is 0 Å². The summed E-state index contributed by atoms with van der Waals surface area (Å²) in [4.78, 5) is 38.2. The van der Waals surface area contributed by atoms with E-state index in [2.05, 4.69) is 136 Å². The molecule has 0 aromatic carbocycles. The van der Waals surface area contributed by atoms with E-state index in [1.165, 1.54) is 135 Å². The molecule has 0 bridgehead atoms. The monoisotopic (exact) mass is 1010 g/mol. The van der Waals surface area contributed by atoms with Crippen molar-refractivity contribution in [3.05, 3.63) is 122 Å². The second-order valence-corrected chi connectivity index (χ2v) is 19.5. The Labute approximate surface area is 450 Å². The van der Waals surface area contributed by atoms with E-state index >= 15 is 0 Å². The lowest BCUT2D eigenvalue weighted by atomic mass is 10.1. The molecule has 0 unspecified atom stereocenters.